The van der Waals surface area contributed by atoms with Gasteiger partial charge < -0.3 is 15.8 Å². The number of nitrogens with one attached hydrogen (secondary N) is 1. The van der Waals surface area contributed by atoms with Crippen LogP contribution in [0.3, 0.4) is 0 Å². The van der Waals surface area contributed by atoms with Crippen molar-refractivity contribution in [3.8, 4) is 5.75 Å². The zero-order chi connectivity index (χ0) is 17.1. The number of nitrogens with two attached hydrogens (primary N) is 1. The molecule has 2 aliphatic rings. The highest BCUT2D eigenvalue weighted by molar-refractivity contribution is 5.85. The Morgan fingerprint density at radius 2 is 1.62 bits per heavy atom. The molecule has 0 bridgehead atoms. The molecular formula is C22H29ClN2O. The van der Waals surface area contributed by atoms with E-state index in [0.717, 1.165) is 5.75 Å². The minimum absolute atomic E-state index is 0. The van der Waals surface area contributed by atoms with Gasteiger partial charge in [-0.05, 0) is 55.4 Å². The van der Waals surface area contributed by atoms with Crippen molar-refractivity contribution >= 4 is 12.4 Å². The topological polar surface area (TPSA) is 47.3 Å². The van der Waals surface area contributed by atoms with Crippen LogP contribution in [0.25, 0.3) is 0 Å². The summed E-state index contributed by atoms with van der Waals surface area (Å²) in [6, 6.07) is 20.7. The molecule has 0 unspecified atom stereocenters. The third-order valence-corrected chi connectivity index (χ3v) is 5.57. The first-order valence-electron chi connectivity index (χ1n) is 9.56. The van der Waals surface area contributed by atoms with Crippen molar-refractivity contribution in [2.75, 3.05) is 0 Å². The Bertz CT molecular complexity index is 668. The van der Waals surface area contributed by atoms with Gasteiger partial charge in [0.1, 0.15) is 12.4 Å². The van der Waals surface area contributed by atoms with E-state index >= 15 is 0 Å². The Morgan fingerprint density at radius 3 is 2.31 bits per heavy atom. The highest BCUT2D eigenvalue weighted by Gasteiger charge is 2.39. The van der Waals surface area contributed by atoms with Gasteiger partial charge in [-0.2, -0.15) is 0 Å². The molecular weight excluding hydrogens is 344 g/mol. The van der Waals surface area contributed by atoms with E-state index in [2.05, 4.69) is 41.7 Å². The molecule has 0 spiro atoms. The van der Waals surface area contributed by atoms with Crippen LogP contribution in [-0.4, -0.2) is 18.1 Å². The van der Waals surface area contributed by atoms with E-state index in [1.165, 1.54) is 43.2 Å². The fourth-order valence-corrected chi connectivity index (χ4v) is 3.89. The van der Waals surface area contributed by atoms with Gasteiger partial charge in [0.15, 0.2) is 0 Å². The summed E-state index contributed by atoms with van der Waals surface area (Å²) in [6.07, 6.45) is 6.06. The smallest absolute Gasteiger partial charge is 0.119 e. The molecule has 2 aromatic carbocycles. The second kappa shape index (κ2) is 8.90. The summed E-state index contributed by atoms with van der Waals surface area (Å²) >= 11 is 0. The maximum absolute atomic E-state index is 6.00. The SMILES string of the molecule is Cl.NC1CCC(N[C@@H]2C[C@H]2c2ccc(OCc3ccccc3)cc2)CC1. The van der Waals surface area contributed by atoms with E-state index in [4.69, 9.17) is 10.5 Å². The lowest BCUT2D eigenvalue weighted by Crippen LogP contribution is -2.38. The van der Waals surface area contributed by atoms with Crippen molar-refractivity contribution < 1.29 is 4.74 Å². The van der Waals surface area contributed by atoms with Crippen LogP contribution in [0.15, 0.2) is 54.6 Å². The second-order valence-corrected chi connectivity index (χ2v) is 7.57. The molecule has 2 fully saturated rings. The molecule has 2 aromatic rings. The van der Waals surface area contributed by atoms with E-state index in [-0.39, 0.29) is 12.4 Å². The van der Waals surface area contributed by atoms with Gasteiger partial charge in [-0.25, -0.2) is 0 Å². The normalized spacial score (nSPS) is 27.4. The summed E-state index contributed by atoms with van der Waals surface area (Å²) in [5, 5.41) is 3.84. The third-order valence-electron chi connectivity index (χ3n) is 5.57. The highest BCUT2D eigenvalue weighted by atomic mass is 35.5. The molecule has 26 heavy (non-hydrogen) atoms. The molecule has 2 aliphatic carbocycles. The molecule has 0 aliphatic heterocycles. The molecule has 0 heterocycles. The van der Waals surface area contributed by atoms with Crippen LogP contribution < -0.4 is 15.8 Å². The number of hydrogen-bond donors (Lipinski definition) is 2. The molecule has 140 valence electrons. The van der Waals surface area contributed by atoms with E-state index in [1.807, 2.05) is 18.2 Å². The fraction of sp³-hybridized carbons (Fsp3) is 0.455. The van der Waals surface area contributed by atoms with E-state index in [0.29, 0.717) is 30.7 Å². The molecule has 0 amide bonds. The van der Waals surface area contributed by atoms with Gasteiger partial charge in [-0.1, -0.05) is 42.5 Å². The summed E-state index contributed by atoms with van der Waals surface area (Å²) in [7, 11) is 0. The predicted octanol–water partition coefficient (Wildman–Crippen LogP) is 4.40. The molecule has 3 N–H and O–H groups in total. The first-order chi connectivity index (χ1) is 12.3. The van der Waals surface area contributed by atoms with Crippen molar-refractivity contribution in [2.24, 2.45) is 5.73 Å². The average Bonchev–Trinajstić information content (AvgIpc) is 3.42. The van der Waals surface area contributed by atoms with Crippen LogP contribution >= 0.6 is 12.4 Å². The quantitative estimate of drug-likeness (QED) is 0.789. The van der Waals surface area contributed by atoms with Gasteiger partial charge in [-0.15, -0.1) is 12.4 Å². The summed E-state index contributed by atoms with van der Waals surface area (Å²) < 4.78 is 5.88. The summed E-state index contributed by atoms with van der Waals surface area (Å²) in [5.41, 5.74) is 8.63. The third kappa shape index (κ3) is 5.00. The van der Waals surface area contributed by atoms with Crippen molar-refractivity contribution in [1.82, 2.24) is 5.32 Å². The van der Waals surface area contributed by atoms with E-state index < -0.39 is 0 Å². The lowest BCUT2D eigenvalue weighted by atomic mass is 9.92. The van der Waals surface area contributed by atoms with Crippen molar-refractivity contribution in [1.29, 1.82) is 0 Å². The van der Waals surface area contributed by atoms with Gasteiger partial charge in [0, 0.05) is 24.0 Å². The minimum Gasteiger partial charge on any atom is -0.489 e. The first-order valence-corrected chi connectivity index (χ1v) is 9.56. The maximum atomic E-state index is 6.00. The molecule has 0 saturated heterocycles. The molecule has 4 rings (SSSR count). The Hall–Kier alpha value is -1.55. The highest BCUT2D eigenvalue weighted by Crippen LogP contribution is 2.42. The molecule has 3 nitrogen and oxygen atoms in total. The van der Waals surface area contributed by atoms with Gasteiger partial charge >= 0.3 is 0 Å². The molecule has 0 radical (unpaired) electrons. The fourth-order valence-electron chi connectivity index (χ4n) is 3.89. The Balaban J connectivity index is 0.00000196. The monoisotopic (exact) mass is 372 g/mol. The number of halogens is 1. The average molecular weight is 373 g/mol. The van der Waals surface area contributed by atoms with Crippen molar-refractivity contribution in [2.45, 2.75) is 62.8 Å². The lowest BCUT2D eigenvalue weighted by molar-refractivity contribution is 0.306. The number of benzene rings is 2. The standard InChI is InChI=1S/C22H28N2O.ClH/c23-18-8-10-19(11-9-18)24-22-14-21(22)17-6-12-20(13-7-17)25-15-16-4-2-1-3-5-16;/h1-7,12-13,18-19,21-22,24H,8-11,14-15,23H2;1H/t18?,19?,21-,22+;/m0./s1. The largest absolute Gasteiger partial charge is 0.489 e. The van der Waals surface area contributed by atoms with E-state index in [9.17, 15) is 0 Å². The number of ether oxygens (including phenoxy) is 1. The zero-order valence-corrected chi connectivity index (χ0v) is 16.0. The summed E-state index contributed by atoms with van der Waals surface area (Å²) in [5.74, 6) is 1.61. The van der Waals surface area contributed by atoms with Crippen LogP contribution in [0.1, 0.15) is 49.1 Å². The lowest BCUT2D eigenvalue weighted by Gasteiger charge is -2.27. The van der Waals surface area contributed by atoms with Gasteiger partial charge in [-0.3, -0.25) is 0 Å². The molecule has 0 aromatic heterocycles. The number of hydrogen-bond acceptors (Lipinski definition) is 3. The first kappa shape index (κ1) is 19.2. The Labute approximate surface area is 162 Å². The van der Waals surface area contributed by atoms with Gasteiger partial charge in [0.2, 0.25) is 0 Å². The Kier molecular flexibility index (Phi) is 6.58. The van der Waals surface area contributed by atoms with Crippen LogP contribution in [0.2, 0.25) is 0 Å². The predicted molar refractivity (Wildman–Crippen MR) is 109 cm³/mol. The second-order valence-electron chi connectivity index (χ2n) is 7.57. The summed E-state index contributed by atoms with van der Waals surface area (Å²) in [6.45, 7) is 0.623. The molecule has 2 atom stereocenters. The van der Waals surface area contributed by atoms with E-state index in [1.54, 1.807) is 0 Å². The van der Waals surface area contributed by atoms with Crippen LogP contribution in [0, 0.1) is 0 Å². The molecule has 2 saturated carbocycles. The van der Waals surface area contributed by atoms with Gasteiger partial charge in [0.25, 0.3) is 0 Å². The van der Waals surface area contributed by atoms with Crippen molar-refractivity contribution in [3.05, 3.63) is 65.7 Å². The van der Waals surface area contributed by atoms with Crippen LogP contribution in [0.4, 0.5) is 0 Å². The van der Waals surface area contributed by atoms with Crippen LogP contribution in [-0.2, 0) is 6.61 Å². The zero-order valence-electron chi connectivity index (χ0n) is 15.1. The number of rotatable bonds is 6. The van der Waals surface area contributed by atoms with Crippen molar-refractivity contribution in [3.63, 3.8) is 0 Å². The maximum Gasteiger partial charge on any atom is 0.119 e. The molecule has 4 heteroatoms. The summed E-state index contributed by atoms with van der Waals surface area (Å²) in [4.78, 5) is 0. The van der Waals surface area contributed by atoms with Gasteiger partial charge in [0.05, 0.1) is 0 Å². The minimum atomic E-state index is 0. The Morgan fingerprint density at radius 1 is 0.923 bits per heavy atom. The van der Waals surface area contributed by atoms with Crippen LogP contribution in [0.5, 0.6) is 5.75 Å².